The fraction of sp³-hybridized carbons (Fsp3) is 0.833. The van der Waals surface area contributed by atoms with Gasteiger partial charge in [0.15, 0.2) is 5.41 Å². The van der Waals surface area contributed by atoms with E-state index in [-0.39, 0.29) is 13.2 Å². The quantitative estimate of drug-likeness (QED) is 0.539. The van der Waals surface area contributed by atoms with E-state index >= 15 is 0 Å². The Balaban J connectivity index is 5.71. The highest BCUT2D eigenvalue weighted by atomic mass is 16.5. The third kappa shape index (κ3) is 6.21. The maximum Gasteiger partial charge on any atom is 0.327 e. The molecule has 0 aliphatic heterocycles. The molecule has 0 N–H and O–H groups in total. The number of carbonyl (C=O) groups is 2. The average Bonchev–Trinajstić information content (AvgIpc) is 2.51. The van der Waals surface area contributed by atoms with Gasteiger partial charge in [0.25, 0.3) is 0 Å². The number of esters is 2. The van der Waals surface area contributed by atoms with Crippen molar-refractivity contribution >= 4 is 11.9 Å². The summed E-state index contributed by atoms with van der Waals surface area (Å²) in [6.07, 6.45) is 3.08. The van der Waals surface area contributed by atoms with Crippen molar-refractivity contribution in [3.8, 4) is 6.07 Å². The standard InChI is InChI=1S/C18H31NO4/c1-6-9-10-15(16(20)22-7-2)18(13-19,12-11-14(4)5)17(21)23-8-3/h14-15H,6-12H2,1-5H3. The third-order valence-electron chi connectivity index (χ3n) is 3.97. The fourth-order valence-corrected chi connectivity index (χ4v) is 2.59. The normalized spacial score (nSPS) is 14.7. The lowest BCUT2D eigenvalue weighted by Gasteiger charge is -2.32. The Labute approximate surface area is 140 Å². The predicted octanol–water partition coefficient (Wildman–Crippen LogP) is 3.87. The summed E-state index contributed by atoms with van der Waals surface area (Å²) in [5.74, 6) is -1.52. The molecule has 0 heterocycles. The Morgan fingerprint density at radius 2 is 1.70 bits per heavy atom. The molecule has 0 saturated heterocycles. The van der Waals surface area contributed by atoms with Crippen LogP contribution < -0.4 is 0 Å². The molecule has 0 spiro atoms. The zero-order valence-corrected chi connectivity index (χ0v) is 15.2. The van der Waals surface area contributed by atoms with Gasteiger partial charge in [0.2, 0.25) is 0 Å². The Hall–Kier alpha value is -1.57. The molecule has 0 aromatic heterocycles. The topological polar surface area (TPSA) is 76.4 Å². The van der Waals surface area contributed by atoms with Crippen LogP contribution in [0, 0.1) is 28.6 Å². The second kappa shape index (κ2) is 11.0. The van der Waals surface area contributed by atoms with Crippen molar-refractivity contribution in [2.75, 3.05) is 13.2 Å². The summed E-state index contributed by atoms with van der Waals surface area (Å²) in [6, 6.07) is 2.13. The fourth-order valence-electron chi connectivity index (χ4n) is 2.59. The van der Waals surface area contributed by atoms with E-state index < -0.39 is 23.3 Å². The lowest BCUT2D eigenvalue weighted by atomic mass is 9.70. The molecule has 0 aliphatic carbocycles. The summed E-state index contributed by atoms with van der Waals surface area (Å²) >= 11 is 0. The summed E-state index contributed by atoms with van der Waals surface area (Å²) in [5.41, 5.74) is -1.46. The molecular weight excluding hydrogens is 294 g/mol. The Bertz CT molecular complexity index is 414. The number of hydrogen-bond acceptors (Lipinski definition) is 5. The summed E-state index contributed by atoms with van der Waals surface area (Å²) < 4.78 is 10.3. The number of rotatable bonds is 11. The molecule has 23 heavy (non-hydrogen) atoms. The first-order valence-corrected chi connectivity index (χ1v) is 8.64. The van der Waals surface area contributed by atoms with Crippen LogP contribution >= 0.6 is 0 Å². The van der Waals surface area contributed by atoms with E-state index in [2.05, 4.69) is 6.07 Å². The summed E-state index contributed by atoms with van der Waals surface area (Å²) in [4.78, 5) is 25.0. The van der Waals surface area contributed by atoms with E-state index in [0.717, 1.165) is 12.8 Å². The third-order valence-corrected chi connectivity index (χ3v) is 3.97. The van der Waals surface area contributed by atoms with Gasteiger partial charge in [0.05, 0.1) is 25.2 Å². The first-order valence-electron chi connectivity index (χ1n) is 8.64. The zero-order valence-electron chi connectivity index (χ0n) is 15.2. The molecule has 2 unspecified atom stereocenters. The minimum Gasteiger partial charge on any atom is -0.466 e. The lowest BCUT2D eigenvalue weighted by molar-refractivity contribution is -0.166. The highest BCUT2D eigenvalue weighted by Crippen LogP contribution is 2.39. The number of nitrogens with zero attached hydrogens (tertiary/aromatic N) is 1. The largest absolute Gasteiger partial charge is 0.466 e. The summed E-state index contributed by atoms with van der Waals surface area (Å²) in [5, 5.41) is 9.81. The van der Waals surface area contributed by atoms with Gasteiger partial charge in [0, 0.05) is 0 Å². The molecule has 5 nitrogen and oxygen atoms in total. The van der Waals surface area contributed by atoms with Crippen LogP contribution in [0.4, 0.5) is 0 Å². The second-order valence-electron chi connectivity index (χ2n) is 6.18. The predicted molar refractivity (Wildman–Crippen MR) is 88.4 cm³/mol. The van der Waals surface area contributed by atoms with Crippen LogP contribution in [0.15, 0.2) is 0 Å². The molecule has 0 radical (unpaired) electrons. The molecule has 0 bridgehead atoms. The summed E-state index contributed by atoms with van der Waals surface area (Å²) in [6.45, 7) is 9.91. The Kier molecular flexibility index (Phi) is 10.3. The smallest absolute Gasteiger partial charge is 0.327 e. The van der Waals surface area contributed by atoms with Crippen LogP contribution in [0.5, 0.6) is 0 Å². The van der Waals surface area contributed by atoms with Gasteiger partial charge in [-0.3, -0.25) is 9.59 Å². The highest BCUT2D eigenvalue weighted by Gasteiger charge is 2.51. The molecular formula is C18H31NO4. The molecule has 0 aliphatic rings. The molecule has 0 fully saturated rings. The van der Waals surface area contributed by atoms with Crippen molar-refractivity contribution in [1.82, 2.24) is 0 Å². The average molecular weight is 325 g/mol. The van der Waals surface area contributed by atoms with Crippen molar-refractivity contribution in [3.63, 3.8) is 0 Å². The maximum atomic E-state index is 12.6. The number of carbonyl (C=O) groups excluding carboxylic acids is 2. The zero-order chi connectivity index (χ0) is 17.9. The first-order chi connectivity index (χ1) is 10.9. The van der Waals surface area contributed by atoms with Gasteiger partial charge in [-0.2, -0.15) is 5.26 Å². The lowest BCUT2D eigenvalue weighted by Crippen LogP contribution is -2.44. The monoisotopic (exact) mass is 325 g/mol. The van der Waals surface area contributed by atoms with Crippen molar-refractivity contribution < 1.29 is 19.1 Å². The van der Waals surface area contributed by atoms with Gasteiger partial charge in [-0.25, -0.2) is 0 Å². The number of nitriles is 1. The minimum absolute atomic E-state index is 0.188. The van der Waals surface area contributed by atoms with E-state index in [1.807, 2.05) is 20.8 Å². The van der Waals surface area contributed by atoms with Crippen LogP contribution in [0.25, 0.3) is 0 Å². The van der Waals surface area contributed by atoms with Gasteiger partial charge in [-0.15, -0.1) is 0 Å². The van der Waals surface area contributed by atoms with Crippen LogP contribution in [0.2, 0.25) is 0 Å². The first kappa shape index (κ1) is 21.4. The molecule has 132 valence electrons. The van der Waals surface area contributed by atoms with Crippen LogP contribution in [0.1, 0.15) is 66.7 Å². The van der Waals surface area contributed by atoms with E-state index in [4.69, 9.17) is 9.47 Å². The molecule has 0 rings (SSSR count). The van der Waals surface area contributed by atoms with E-state index in [9.17, 15) is 14.9 Å². The SMILES string of the molecule is CCCCC(C(=O)OCC)C(C#N)(CCC(C)C)C(=O)OCC. The van der Waals surface area contributed by atoms with Crippen molar-refractivity contribution in [1.29, 1.82) is 5.26 Å². The molecule has 0 aromatic rings. The van der Waals surface area contributed by atoms with Crippen LogP contribution in [-0.4, -0.2) is 25.2 Å². The van der Waals surface area contributed by atoms with E-state index in [0.29, 0.717) is 25.2 Å². The highest BCUT2D eigenvalue weighted by molar-refractivity contribution is 5.88. The van der Waals surface area contributed by atoms with Crippen molar-refractivity contribution in [2.45, 2.75) is 66.7 Å². The van der Waals surface area contributed by atoms with E-state index in [1.54, 1.807) is 13.8 Å². The minimum atomic E-state index is -1.46. The van der Waals surface area contributed by atoms with Crippen molar-refractivity contribution in [3.05, 3.63) is 0 Å². The van der Waals surface area contributed by atoms with E-state index in [1.165, 1.54) is 0 Å². The molecule has 0 saturated carbocycles. The number of unbranched alkanes of at least 4 members (excludes halogenated alkanes) is 1. The Morgan fingerprint density at radius 1 is 1.09 bits per heavy atom. The van der Waals surface area contributed by atoms with Gasteiger partial charge in [-0.1, -0.05) is 33.6 Å². The number of hydrogen-bond donors (Lipinski definition) is 0. The van der Waals surface area contributed by atoms with Crippen molar-refractivity contribution in [2.24, 2.45) is 17.3 Å². The molecule has 2 atom stereocenters. The van der Waals surface area contributed by atoms with Crippen LogP contribution in [-0.2, 0) is 19.1 Å². The molecule has 5 heteroatoms. The van der Waals surface area contributed by atoms with Gasteiger partial charge >= 0.3 is 11.9 Å². The van der Waals surface area contributed by atoms with Gasteiger partial charge in [-0.05, 0) is 39.0 Å². The molecule has 0 aromatic carbocycles. The second-order valence-corrected chi connectivity index (χ2v) is 6.18. The maximum absolute atomic E-state index is 12.6. The van der Waals surface area contributed by atoms with Gasteiger partial charge < -0.3 is 9.47 Å². The summed E-state index contributed by atoms with van der Waals surface area (Å²) in [7, 11) is 0. The van der Waals surface area contributed by atoms with Gasteiger partial charge in [0.1, 0.15) is 0 Å². The van der Waals surface area contributed by atoms with Crippen LogP contribution in [0.3, 0.4) is 0 Å². The Morgan fingerprint density at radius 3 is 2.13 bits per heavy atom. The number of ether oxygens (including phenoxy) is 2. The molecule has 0 amide bonds.